The molecule has 1 aliphatic heterocycles. The van der Waals surface area contributed by atoms with Crippen LogP contribution < -0.4 is 0 Å². The molecule has 0 saturated carbocycles. The van der Waals surface area contributed by atoms with Crippen molar-refractivity contribution in [3.63, 3.8) is 0 Å². The van der Waals surface area contributed by atoms with Crippen LogP contribution in [-0.2, 0) is 4.84 Å². The summed E-state index contributed by atoms with van der Waals surface area (Å²) in [5.74, 6) is -1.07. The number of hydroxylamine groups is 2. The lowest BCUT2D eigenvalue weighted by Gasteiger charge is -2.17. The van der Waals surface area contributed by atoms with E-state index < -0.39 is 17.9 Å². The van der Waals surface area contributed by atoms with Crippen LogP contribution in [0.15, 0.2) is 53.6 Å². The molecule has 0 N–H and O–H groups in total. The number of azide groups is 1. The molecule has 0 bridgehead atoms. The molecule has 120 valence electrons. The fraction of sp³-hybridized carbons (Fsp3) is 0.125. The molecule has 3 rings (SSSR count). The Bertz CT molecular complexity index is 812. The average molecular weight is 343 g/mol. The second-order valence-electron chi connectivity index (χ2n) is 5.02. The minimum atomic E-state index is -0.698. The molecule has 2 aromatic rings. The lowest BCUT2D eigenvalue weighted by Crippen LogP contribution is -2.31. The van der Waals surface area contributed by atoms with E-state index in [1.54, 1.807) is 48.5 Å². The van der Waals surface area contributed by atoms with Crippen molar-refractivity contribution in [1.82, 2.24) is 5.06 Å². The van der Waals surface area contributed by atoms with Gasteiger partial charge in [-0.1, -0.05) is 41.0 Å². The Hall–Kier alpha value is -2.86. The van der Waals surface area contributed by atoms with E-state index in [0.717, 1.165) is 0 Å². The summed E-state index contributed by atoms with van der Waals surface area (Å²) in [6, 6.07) is 12.4. The first kappa shape index (κ1) is 16.0. The Labute approximate surface area is 142 Å². The van der Waals surface area contributed by atoms with Crippen LogP contribution in [0.2, 0.25) is 5.02 Å². The van der Waals surface area contributed by atoms with E-state index in [2.05, 4.69) is 10.0 Å². The standard InChI is InChI=1S/C16H11ClN4O3/c17-11-7-5-10(6-8-11)14(19-20-18)9-24-21-15(22)12-3-1-2-4-13(12)16(21)23/h1-8,14H,9H2. The smallest absolute Gasteiger partial charge is 0.266 e. The van der Waals surface area contributed by atoms with Gasteiger partial charge < -0.3 is 0 Å². The minimum absolute atomic E-state index is 0.156. The van der Waals surface area contributed by atoms with Gasteiger partial charge in [0.1, 0.15) is 0 Å². The molecule has 0 aliphatic carbocycles. The average Bonchev–Trinajstić information content (AvgIpc) is 2.84. The zero-order valence-electron chi connectivity index (χ0n) is 12.3. The molecule has 0 saturated heterocycles. The highest BCUT2D eigenvalue weighted by atomic mass is 35.5. The maximum absolute atomic E-state index is 12.2. The van der Waals surface area contributed by atoms with Gasteiger partial charge in [0.25, 0.3) is 11.8 Å². The molecule has 24 heavy (non-hydrogen) atoms. The number of nitrogens with zero attached hydrogens (tertiary/aromatic N) is 4. The second kappa shape index (κ2) is 6.72. The van der Waals surface area contributed by atoms with Crippen LogP contribution in [0.5, 0.6) is 0 Å². The third-order valence-electron chi connectivity index (χ3n) is 3.56. The van der Waals surface area contributed by atoms with Crippen molar-refractivity contribution in [2.45, 2.75) is 6.04 Å². The number of benzene rings is 2. The highest BCUT2D eigenvalue weighted by molar-refractivity contribution is 6.30. The predicted octanol–water partition coefficient (Wildman–Crippen LogP) is 3.92. The van der Waals surface area contributed by atoms with Crippen LogP contribution in [0, 0.1) is 0 Å². The summed E-state index contributed by atoms with van der Waals surface area (Å²) >= 11 is 5.83. The number of imide groups is 1. The monoisotopic (exact) mass is 342 g/mol. The minimum Gasteiger partial charge on any atom is -0.266 e. The van der Waals surface area contributed by atoms with Gasteiger partial charge in [-0.3, -0.25) is 14.4 Å². The molecule has 7 nitrogen and oxygen atoms in total. The number of hydrogen-bond acceptors (Lipinski definition) is 4. The summed E-state index contributed by atoms with van der Waals surface area (Å²) in [7, 11) is 0. The van der Waals surface area contributed by atoms with Crippen LogP contribution in [0.1, 0.15) is 32.3 Å². The van der Waals surface area contributed by atoms with Crippen LogP contribution in [0.3, 0.4) is 0 Å². The topological polar surface area (TPSA) is 95.4 Å². The van der Waals surface area contributed by atoms with Crippen molar-refractivity contribution in [1.29, 1.82) is 0 Å². The van der Waals surface area contributed by atoms with Crippen molar-refractivity contribution in [2.75, 3.05) is 6.61 Å². The van der Waals surface area contributed by atoms with E-state index in [1.165, 1.54) is 0 Å². The summed E-state index contributed by atoms with van der Waals surface area (Å²) in [4.78, 5) is 32.6. The first-order valence-electron chi connectivity index (χ1n) is 7.02. The van der Waals surface area contributed by atoms with Gasteiger partial charge in [0.05, 0.1) is 23.8 Å². The molecule has 2 aromatic carbocycles. The molecule has 8 heteroatoms. The van der Waals surface area contributed by atoms with Crippen LogP contribution in [0.4, 0.5) is 0 Å². The van der Waals surface area contributed by atoms with Gasteiger partial charge in [0.2, 0.25) is 0 Å². The van der Waals surface area contributed by atoms with Gasteiger partial charge in [-0.2, -0.15) is 0 Å². The molecular formula is C16H11ClN4O3. The first-order chi connectivity index (χ1) is 11.6. The highest BCUT2D eigenvalue weighted by Gasteiger charge is 2.36. The summed E-state index contributed by atoms with van der Waals surface area (Å²) in [5.41, 5.74) is 9.95. The van der Waals surface area contributed by atoms with Crippen molar-refractivity contribution in [2.24, 2.45) is 5.11 Å². The Morgan fingerprint density at radius 2 is 1.67 bits per heavy atom. The Balaban J connectivity index is 1.76. The van der Waals surface area contributed by atoms with Crippen LogP contribution in [0.25, 0.3) is 10.4 Å². The number of halogens is 1. The maximum Gasteiger partial charge on any atom is 0.285 e. The number of hydrogen-bond donors (Lipinski definition) is 0. The van der Waals surface area contributed by atoms with Crippen LogP contribution in [-0.4, -0.2) is 23.5 Å². The van der Waals surface area contributed by atoms with Crippen molar-refractivity contribution < 1.29 is 14.4 Å². The van der Waals surface area contributed by atoms with Gasteiger partial charge in [0, 0.05) is 9.93 Å². The number of carbonyl (C=O) groups is 2. The fourth-order valence-electron chi connectivity index (χ4n) is 2.37. The van der Waals surface area contributed by atoms with Gasteiger partial charge in [-0.15, -0.1) is 5.06 Å². The molecule has 1 aliphatic rings. The Morgan fingerprint density at radius 1 is 1.08 bits per heavy atom. The molecule has 0 aromatic heterocycles. The van der Waals surface area contributed by atoms with Gasteiger partial charge >= 0.3 is 0 Å². The lowest BCUT2D eigenvalue weighted by molar-refractivity contribution is -0.0955. The first-order valence-corrected chi connectivity index (χ1v) is 7.40. The molecule has 0 radical (unpaired) electrons. The molecule has 1 heterocycles. The van der Waals surface area contributed by atoms with E-state index in [0.29, 0.717) is 15.6 Å². The van der Waals surface area contributed by atoms with Crippen molar-refractivity contribution >= 4 is 23.4 Å². The summed E-state index contributed by atoms with van der Waals surface area (Å²) in [6.45, 7) is -0.156. The number of amides is 2. The molecule has 2 amide bonds. The fourth-order valence-corrected chi connectivity index (χ4v) is 2.50. The number of rotatable bonds is 5. The van der Waals surface area contributed by atoms with E-state index in [9.17, 15) is 9.59 Å². The molecular weight excluding hydrogens is 332 g/mol. The summed E-state index contributed by atoms with van der Waals surface area (Å²) in [6.07, 6.45) is 0. The van der Waals surface area contributed by atoms with Gasteiger partial charge in [-0.25, -0.2) is 0 Å². The van der Waals surface area contributed by atoms with E-state index in [4.69, 9.17) is 22.0 Å². The van der Waals surface area contributed by atoms with E-state index in [-0.39, 0.29) is 17.7 Å². The lowest BCUT2D eigenvalue weighted by atomic mass is 10.1. The van der Waals surface area contributed by atoms with Crippen molar-refractivity contribution in [3.8, 4) is 0 Å². The Morgan fingerprint density at radius 3 is 2.21 bits per heavy atom. The molecule has 0 spiro atoms. The third kappa shape index (κ3) is 2.96. The zero-order valence-corrected chi connectivity index (χ0v) is 13.1. The molecule has 1 unspecified atom stereocenters. The second-order valence-corrected chi connectivity index (χ2v) is 5.45. The highest BCUT2D eigenvalue weighted by Crippen LogP contribution is 2.25. The molecule has 1 atom stereocenters. The molecule has 0 fully saturated rings. The maximum atomic E-state index is 12.2. The number of carbonyl (C=O) groups excluding carboxylic acids is 2. The van der Waals surface area contributed by atoms with Gasteiger partial charge in [0.15, 0.2) is 0 Å². The van der Waals surface area contributed by atoms with E-state index in [1.807, 2.05) is 0 Å². The SMILES string of the molecule is [N-]=[N+]=NC(CON1C(=O)c2ccccc2C1=O)c1ccc(Cl)cc1. The van der Waals surface area contributed by atoms with Crippen LogP contribution >= 0.6 is 11.6 Å². The third-order valence-corrected chi connectivity index (χ3v) is 3.82. The van der Waals surface area contributed by atoms with Gasteiger partial charge in [-0.05, 0) is 35.4 Å². The predicted molar refractivity (Wildman–Crippen MR) is 86.2 cm³/mol. The number of fused-ring (bicyclic) bond motifs is 1. The Kier molecular flexibility index (Phi) is 4.48. The van der Waals surface area contributed by atoms with Crippen molar-refractivity contribution in [3.05, 3.63) is 80.7 Å². The normalized spacial score (nSPS) is 14.3. The van der Waals surface area contributed by atoms with E-state index >= 15 is 0 Å². The summed E-state index contributed by atoms with van der Waals surface area (Å²) < 4.78 is 0. The summed E-state index contributed by atoms with van der Waals surface area (Å²) in [5, 5.41) is 4.88. The largest absolute Gasteiger partial charge is 0.285 e. The zero-order chi connectivity index (χ0) is 17.1. The quantitative estimate of drug-likeness (QED) is 0.356.